The van der Waals surface area contributed by atoms with Crippen molar-refractivity contribution in [2.24, 2.45) is 11.1 Å². The molecule has 0 amide bonds. The van der Waals surface area contributed by atoms with E-state index in [2.05, 4.69) is 20.8 Å². The molecule has 1 rings (SSSR count). The van der Waals surface area contributed by atoms with E-state index >= 15 is 0 Å². The van der Waals surface area contributed by atoms with Gasteiger partial charge in [-0.2, -0.15) is 4.31 Å². The maximum Gasteiger partial charge on any atom is 0.252 e. The highest BCUT2D eigenvalue weighted by atomic mass is 32.2. The van der Waals surface area contributed by atoms with Crippen LogP contribution in [0.15, 0.2) is 16.3 Å². The van der Waals surface area contributed by atoms with Crippen molar-refractivity contribution < 1.29 is 8.42 Å². The summed E-state index contributed by atoms with van der Waals surface area (Å²) >= 11 is 1.35. The molecule has 0 aliphatic heterocycles. The SMILES string of the molecule is CN(CC(C)(C)CN)S(=O)(=O)c1ccc(C(C)(C)C)s1. The van der Waals surface area contributed by atoms with Crippen molar-refractivity contribution in [1.29, 1.82) is 0 Å². The van der Waals surface area contributed by atoms with Crippen LogP contribution in [0.3, 0.4) is 0 Å². The highest BCUT2D eigenvalue weighted by molar-refractivity contribution is 7.91. The first kappa shape index (κ1) is 17.6. The zero-order chi connectivity index (χ0) is 15.8. The van der Waals surface area contributed by atoms with Crippen LogP contribution < -0.4 is 5.73 Å². The molecule has 0 aliphatic carbocycles. The summed E-state index contributed by atoms with van der Waals surface area (Å²) in [4.78, 5) is 1.07. The minimum absolute atomic E-state index is 0.0342. The second-order valence-corrected chi connectivity index (χ2v) is 10.4. The van der Waals surface area contributed by atoms with E-state index in [4.69, 9.17) is 5.73 Å². The third-order valence-corrected chi connectivity index (χ3v) is 6.97. The fourth-order valence-electron chi connectivity index (χ4n) is 1.77. The molecule has 0 bridgehead atoms. The van der Waals surface area contributed by atoms with Crippen molar-refractivity contribution in [2.45, 2.75) is 44.2 Å². The lowest BCUT2D eigenvalue weighted by atomic mass is 9.94. The molecule has 0 aromatic carbocycles. The third-order valence-electron chi connectivity index (χ3n) is 3.19. The van der Waals surface area contributed by atoms with Crippen LogP contribution in [-0.4, -0.2) is 32.9 Å². The molecule has 0 aliphatic rings. The van der Waals surface area contributed by atoms with Crippen LogP contribution in [-0.2, 0) is 15.4 Å². The molecule has 2 N–H and O–H groups in total. The maximum atomic E-state index is 12.6. The summed E-state index contributed by atoms with van der Waals surface area (Å²) in [6.07, 6.45) is 0. The molecule has 20 heavy (non-hydrogen) atoms. The second kappa shape index (κ2) is 5.75. The van der Waals surface area contributed by atoms with Gasteiger partial charge in [-0.25, -0.2) is 8.42 Å². The Balaban J connectivity index is 3.02. The molecule has 1 heterocycles. The summed E-state index contributed by atoms with van der Waals surface area (Å²) in [6.45, 7) is 11.0. The summed E-state index contributed by atoms with van der Waals surface area (Å²) in [5.41, 5.74) is 5.41. The monoisotopic (exact) mass is 318 g/mol. The van der Waals surface area contributed by atoms with E-state index in [1.54, 1.807) is 13.1 Å². The molecular formula is C14H26N2O2S2. The summed E-state index contributed by atoms with van der Waals surface area (Å²) in [5, 5.41) is 0. The average Bonchev–Trinajstić information content (AvgIpc) is 2.77. The zero-order valence-electron chi connectivity index (χ0n) is 13.2. The topological polar surface area (TPSA) is 63.4 Å². The molecular weight excluding hydrogens is 292 g/mol. The van der Waals surface area contributed by atoms with Gasteiger partial charge in [0.2, 0.25) is 0 Å². The van der Waals surface area contributed by atoms with Gasteiger partial charge in [-0.05, 0) is 29.5 Å². The van der Waals surface area contributed by atoms with Gasteiger partial charge in [0.25, 0.3) is 10.0 Å². The van der Waals surface area contributed by atoms with Crippen LogP contribution in [0.2, 0.25) is 0 Å². The molecule has 0 saturated carbocycles. The first-order valence-electron chi connectivity index (χ1n) is 6.67. The Morgan fingerprint density at radius 1 is 1.20 bits per heavy atom. The lowest BCUT2D eigenvalue weighted by Crippen LogP contribution is -2.39. The molecule has 0 radical (unpaired) electrons. The van der Waals surface area contributed by atoms with E-state index in [1.807, 2.05) is 19.9 Å². The van der Waals surface area contributed by atoms with Gasteiger partial charge in [0.1, 0.15) is 4.21 Å². The summed E-state index contributed by atoms with van der Waals surface area (Å²) < 4.78 is 26.9. The van der Waals surface area contributed by atoms with E-state index in [0.29, 0.717) is 17.3 Å². The predicted octanol–water partition coefficient (Wildman–Crippen LogP) is 2.65. The summed E-state index contributed by atoms with van der Waals surface area (Å²) in [5.74, 6) is 0. The summed E-state index contributed by atoms with van der Waals surface area (Å²) in [7, 11) is -1.81. The van der Waals surface area contributed by atoms with Crippen LogP contribution in [0.4, 0.5) is 0 Å². The lowest BCUT2D eigenvalue weighted by Gasteiger charge is -2.28. The van der Waals surface area contributed by atoms with Gasteiger partial charge < -0.3 is 5.73 Å². The van der Waals surface area contributed by atoms with Gasteiger partial charge in [-0.15, -0.1) is 11.3 Å². The number of thiophene rings is 1. The van der Waals surface area contributed by atoms with Crippen LogP contribution in [0.25, 0.3) is 0 Å². The molecule has 4 nitrogen and oxygen atoms in total. The van der Waals surface area contributed by atoms with Gasteiger partial charge in [-0.1, -0.05) is 34.6 Å². The summed E-state index contributed by atoms with van der Waals surface area (Å²) in [6, 6.07) is 3.60. The van der Waals surface area contributed by atoms with Crippen LogP contribution >= 0.6 is 11.3 Å². The average molecular weight is 319 g/mol. The molecule has 0 saturated heterocycles. The Hall–Kier alpha value is -0.430. The minimum atomic E-state index is -3.43. The van der Waals surface area contributed by atoms with Crippen molar-refractivity contribution in [2.75, 3.05) is 20.1 Å². The molecule has 0 spiro atoms. The highest BCUT2D eigenvalue weighted by Crippen LogP contribution is 2.33. The van der Waals surface area contributed by atoms with Crippen molar-refractivity contribution >= 4 is 21.4 Å². The maximum absolute atomic E-state index is 12.6. The Kier molecular flexibility index (Phi) is 5.07. The molecule has 0 unspecified atom stereocenters. The lowest BCUT2D eigenvalue weighted by molar-refractivity contribution is 0.292. The highest BCUT2D eigenvalue weighted by Gasteiger charge is 2.29. The Bertz CT molecular complexity index is 554. The first-order chi connectivity index (χ1) is 8.90. The smallest absolute Gasteiger partial charge is 0.252 e. The predicted molar refractivity (Wildman–Crippen MR) is 85.7 cm³/mol. The van der Waals surface area contributed by atoms with E-state index in [-0.39, 0.29) is 10.8 Å². The standard InChI is InChI=1S/C14H26N2O2S2/c1-13(2,3)11-7-8-12(19-11)20(17,18)16(6)10-14(4,5)9-15/h7-8H,9-10,15H2,1-6H3. The van der Waals surface area contributed by atoms with Crippen molar-refractivity contribution in [1.82, 2.24) is 4.31 Å². The van der Waals surface area contributed by atoms with Crippen molar-refractivity contribution in [3.63, 3.8) is 0 Å². The van der Waals surface area contributed by atoms with E-state index in [9.17, 15) is 8.42 Å². The molecule has 116 valence electrons. The Morgan fingerprint density at radius 2 is 1.75 bits per heavy atom. The van der Waals surface area contributed by atoms with E-state index in [1.165, 1.54) is 15.6 Å². The Morgan fingerprint density at radius 3 is 2.15 bits per heavy atom. The fraction of sp³-hybridized carbons (Fsp3) is 0.714. The first-order valence-corrected chi connectivity index (χ1v) is 8.92. The van der Waals surface area contributed by atoms with Gasteiger partial charge in [0, 0.05) is 18.5 Å². The minimum Gasteiger partial charge on any atom is -0.330 e. The number of rotatable bonds is 5. The van der Waals surface area contributed by atoms with E-state index in [0.717, 1.165) is 4.88 Å². The molecule has 1 aromatic heterocycles. The van der Waals surface area contributed by atoms with Crippen LogP contribution in [0.1, 0.15) is 39.5 Å². The fourth-order valence-corrected chi connectivity index (χ4v) is 4.70. The van der Waals surface area contributed by atoms with Gasteiger partial charge >= 0.3 is 0 Å². The van der Waals surface area contributed by atoms with Gasteiger partial charge in [0.05, 0.1) is 0 Å². The number of nitrogens with two attached hydrogens (primary N) is 1. The number of hydrogen-bond acceptors (Lipinski definition) is 4. The Labute approximate surface area is 127 Å². The zero-order valence-corrected chi connectivity index (χ0v) is 14.9. The van der Waals surface area contributed by atoms with Crippen molar-refractivity contribution in [3.8, 4) is 0 Å². The number of hydrogen-bond donors (Lipinski definition) is 1. The third kappa shape index (κ3) is 4.04. The number of sulfonamides is 1. The second-order valence-electron chi connectivity index (χ2n) is 7.00. The molecule has 6 heteroatoms. The normalized spacial score (nSPS) is 14.0. The molecule has 0 atom stereocenters. The largest absolute Gasteiger partial charge is 0.330 e. The molecule has 0 fully saturated rings. The quantitative estimate of drug-likeness (QED) is 0.908. The van der Waals surface area contributed by atoms with Gasteiger partial charge in [-0.3, -0.25) is 0 Å². The van der Waals surface area contributed by atoms with Gasteiger partial charge in [0.15, 0.2) is 0 Å². The van der Waals surface area contributed by atoms with Crippen molar-refractivity contribution in [3.05, 3.63) is 17.0 Å². The molecule has 1 aromatic rings. The van der Waals surface area contributed by atoms with E-state index < -0.39 is 10.0 Å². The number of nitrogens with zero attached hydrogens (tertiary/aromatic N) is 1. The van der Waals surface area contributed by atoms with Crippen LogP contribution in [0, 0.1) is 5.41 Å². The van der Waals surface area contributed by atoms with Crippen LogP contribution in [0.5, 0.6) is 0 Å².